The molecule has 0 radical (unpaired) electrons. The number of aryl methyl sites for hydroxylation is 1. The zero-order valence-corrected chi connectivity index (χ0v) is 17.9. The van der Waals surface area contributed by atoms with E-state index in [9.17, 15) is 9.59 Å². The summed E-state index contributed by atoms with van der Waals surface area (Å²) in [5.74, 6) is -0.656. The van der Waals surface area contributed by atoms with Crippen molar-refractivity contribution >= 4 is 29.1 Å². The molecule has 2 aromatic carbocycles. The molecule has 0 bridgehead atoms. The number of amides is 2. The van der Waals surface area contributed by atoms with Crippen LogP contribution in [0.15, 0.2) is 42.5 Å². The fraction of sp³-hybridized carbons (Fsp3) is 0.364. The Morgan fingerprint density at radius 2 is 1.83 bits per heavy atom. The van der Waals surface area contributed by atoms with E-state index in [2.05, 4.69) is 15.5 Å². The van der Waals surface area contributed by atoms with Gasteiger partial charge in [0.1, 0.15) is 5.75 Å². The quantitative estimate of drug-likeness (QED) is 0.687. The van der Waals surface area contributed by atoms with Crippen molar-refractivity contribution in [2.45, 2.75) is 13.0 Å². The molecule has 0 unspecified atom stereocenters. The SMILES string of the molecule is COc1ccc([C@@H](CNC(=O)C(=O)Nc2cc(Cl)ccc2C)N2CCOCC2)cc1. The number of hydrogen-bond acceptors (Lipinski definition) is 5. The Balaban J connectivity index is 1.66. The van der Waals surface area contributed by atoms with E-state index in [1.165, 1.54) is 0 Å². The smallest absolute Gasteiger partial charge is 0.313 e. The van der Waals surface area contributed by atoms with E-state index in [0.717, 1.165) is 30.0 Å². The zero-order chi connectivity index (χ0) is 21.5. The number of nitrogens with zero attached hydrogens (tertiary/aromatic N) is 1. The van der Waals surface area contributed by atoms with Gasteiger partial charge in [0.2, 0.25) is 0 Å². The Bertz CT molecular complexity index is 882. The molecule has 160 valence electrons. The standard InChI is InChI=1S/C22H26ClN3O4/c1-15-3-6-17(23)13-19(15)25-22(28)21(27)24-14-20(26-9-11-30-12-10-26)16-4-7-18(29-2)8-5-16/h3-8,13,20H,9-12,14H2,1-2H3,(H,24,27)(H,25,28)/t20-/m1/s1. The minimum Gasteiger partial charge on any atom is -0.497 e. The Hall–Kier alpha value is -2.61. The highest BCUT2D eigenvalue weighted by molar-refractivity contribution is 6.40. The molecule has 3 rings (SSSR count). The van der Waals surface area contributed by atoms with E-state index in [0.29, 0.717) is 30.5 Å². The molecule has 7 nitrogen and oxygen atoms in total. The van der Waals surface area contributed by atoms with Crippen LogP contribution in [0.5, 0.6) is 5.75 Å². The van der Waals surface area contributed by atoms with Crippen LogP contribution < -0.4 is 15.4 Å². The Morgan fingerprint density at radius 3 is 2.50 bits per heavy atom. The van der Waals surface area contributed by atoms with Crippen molar-refractivity contribution in [1.29, 1.82) is 0 Å². The van der Waals surface area contributed by atoms with Crippen LogP contribution in [0.3, 0.4) is 0 Å². The minimum atomic E-state index is -0.726. The molecule has 1 atom stereocenters. The lowest BCUT2D eigenvalue weighted by molar-refractivity contribution is -0.136. The Kier molecular flexibility index (Phi) is 7.68. The molecular weight excluding hydrogens is 406 g/mol. The highest BCUT2D eigenvalue weighted by Gasteiger charge is 2.24. The first-order chi connectivity index (χ1) is 14.5. The maximum Gasteiger partial charge on any atom is 0.313 e. The molecule has 1 aliphatic rings. The zero-order valence-electron chi connectivity index (χ0n) is 17.1. The van der Waals surface area contributed by atoms with Crippen molar-refractivity contribution in [1.82, 2.24) is 10.2 Å². The molecule has 8 heteroatoms. The van der Waals surface area contributed by atoms with Gasteiger partial charge in [-0.1, -0.05) is 29.8 Å². The van der Waals surface area contributed by atoms with Crippen LogP contribution in [-0.2, 0) is 14.3 Å². The predicted molar refractivity (Wildman–Crippen MR) is 116 cm³/mol. The third kappa shape index (κ3) is 5.72. The molecule has 30 heavy (non-hydrogen) atoms. The lowest BCUT2D eigenvalue weighted by Gasteiger charge is -2.35. The average Bonchev–Trinajstić information content (AvgIpc) is 2.77. The van der Waals surface area contributed by atoms with Crippen LogP contribution in [0.1, 0.15) is 17.2 Å². The van der Waals surface area contributed by atoms with E-state index in [-0.39, 0.29) is 6.04 Å². The third-order valence-electron chi connectivity index (χ3n) is 5.10. The second-order valence-corrected chi connectivity index (χ2v) is 7.50. The van der Waals surface area contributed by atoms with Crippen LogP contribution in [-0.4, -0.2) is 56.7 Å². The fourth-order valence-corrected chi connectivity index (χ4v) is 3.52. The van der Waals surface area contributed by atoms with Gasteiger partial charge in [-0.05, 0) is 42.3 Å². The van der Waals surface area contributed by atoms with Crippen molar-refractivity contribution in [3.8, 4) is 5.75 Å². The second kappa shape index (κ2) is 10.4. The van der Waals surface area contributed by atoms with Crippen molar-refractivity contribution in [2.75, 3.05) is 45.3 Å². The summed E-state index contributed by atoms with van der Waals surface area (Å²) in [5, 5.41) is 5.88. The lowest BCUT2D eigenvalue weighted by atomic mass is 10.0. The van der Waals surface area contributed by atoms with Crippen molar-refractivity contribution in [3.63, 3.8) is 0 Å². The average molecular weight is 432 g/mol. The molecule has 1 heterocycles. The number of ether oxygens (including phenoxy) is 2. The van der Waals surface area contributed by atoms with E-state index < -0.39 is 11.8 Å². The van der Waals surface area contributed by atoms with Crippen LogP contribution in [0.4, 0.5) is 5.69 Å². The molecular formula is C22H26ClN3O4. The highest BCUT2D eigenvalue weighted by atomic mass is 35.5. The number of morpholine rings is 1. The number of carbonyl (C=O) groups excluding carboxylic acids is 2. The summed E-state index contributed by atoms with van der Waals surface area (Å²) >= 11 is 5.98. The number of hydrogen-bond donors (Lipinski definition) is 2. The van der Waals surface area contributed by atoms with E-state index in [1.54, 1.807) is 25.3 Å². The summed E-state index contributed by atoms with van der Waals surface area (Å²) in [7, 11) is 1.62. The van der Waals surface area contributed by atoms with Crippen molar-refractivity contribution in [3.05, 3.63) is 58.6 Å². The molecule has 0 saturated carbocycles. The number of benzene rings is 2. The van der Waals surface area contributed by atoms with Gasteiger partial charge in [0.25, 0.3) is 0 Å². The van der Waals surface area contributed by atoms with E-state index >= 15 is 0 Å². The molecule has 0 aliphatic carbocycles. The van der Waals surface area contributed by atoms with Gasteiger partial charge < -0.3 is 20.1 Å². The molecule has 1 aliphatic heterocycles. The second-order valence-electron chi connectivity index (χ2n) is 7.06. The largest absolute Gasteiger partial charge is 0.497 e. The van der Waals surface area contributed by atoms with Gasteiger partial charge in [0.05, 0.1) is 26.4 Å². The number of nitrogens with one attached hydrogen (secondary N) is 2. The first-order valence-electron chi connectivity index (χ1n) is 9.79. The number of rotatable bonds is 6. The van der Waals surface area contributed by atoms with Gasteiger partial charge in [-0.25, -0.2) is 0 Å². The summed E-state index contributed by atoms with van der Waals surface area (Å²) in [6.45, 7) is 4.90. The first-order valence-corrected chi connectivity index (χ1v) is 10.2. The summed E-state index contributed by atoms with van der Waals surface area (Å²) in [6, 6.07) is 12.8. The maximum absolute atomic E-state index is 12.4. The van der Waals surface area contributed by atoms with Crippen LogP contribution in [0.25, 0.3) is 0 Å². The topological polar surface area (TPSA) is 79.9 Å². The monoisotopic (exact) mass is 431 g/mol. The van der Waals surface area contributed by atoms with E-state index in [1.807, 2.05) is 31.2 Å². The number of methoxy groups -OCH3 is 1. The minimum absolute atomic E-state index is 0.0792. The van der Waals surface area contributed by atoms with Crippen LogP contribution in [0.2, 0.25) is 5.02 Å². The number of carbonyl (C=O) groups is 2. The molecule has 1 saturated heterocycles. The van der Waals surface area contributed by atoms with Gasteiger partial charge in [0.15, 0.2) is 0 Å². The molecule has 2 aromatic rings. The normalized spacial score (nSPS) is 15.3. The summed E-state index contributed by atoms with van der Waals surface area (Å²) in [6.07, 6.45) is 0. The number of anilines is 1. The van der Waals surface area contributed by atoms with Crippen molar-refractivity contribution in [2.24, 2.45) is 0 Å². The van der Waals surface area contributed by atoms with Crippen LogP contribution >= 0.6 is 11.6 Å². The molecule has 0 aromatic heterocycles. The van der Waals surface area contributed by atoms with Gasteiger partial charge >= 0.3 is 11.8 Å². The van der Waals surface area contributed by atoms with Crippen LogP contribution in [0, 0.1) is 6.92 Å². The summed E-state index contributed by atoms with van der Waals surface area (Å²) in [5.41, 5.74) is 2.37. The molecule has 2 N–H and O–H groups in total. The van der Waals surface area contributed by atoms with Gasteiger partial charge in [-0.2, -0.15) is 0 Å². The first kappa shape index (κ1) is 22.1. The Morgan fingerprint density at radius 1 is 1.13 bits per heavy atom. The molecule has 2 amide bonds. The summed E-state index contributed by atoms with van der Waals surface area (Å²) < 4.78 is 10.7. The lowest BCUT2D eigenvalue weighted by Crippen LogP contribution is -2.45. The molecule has 1 fully saturated rings. The maximum atomic E-state index is 12.4. The predicted octanol–water partition coefficient (Wildman–Crippen LogP) is 2.79. The Labute approximate surface area is 181 Å². The van der Waals surface area contributed by atoms with Crippen molar-refractivity contribution < 1.29 is 19.1 Å². The van der Waals surface area contributed by atoms with Gasteiger partial charge in [-0.15, -0.1) is 0 Å². The summed E-state index contributed by atoms with van der Waals surface area (Å²) in [4.78, 5) is 27.1. The highest BCUT2D eigenvalue weighted by Crippen LogP contribution is 2.24. The molecule has 0 spiro atoms. The van der Waals surface area contributed by atoms with Gasteiger partial charge in [0, 0.05) is 30.3 Å². The van der Waals surface area contributed by atoms with E-state index in [4.69, 9.17) is 21.1 Å². The third-order valence-corrected chi connectivity index (χ3v) is 5.33. The fourth-order valence-electron chi connectivity index (χ4n) is 3.35. The number of halogens is 1. The van der Waals surface area contributed by atoms with Gasteiger partial charge in [-0.3, -0.25) is 14.5 Å².